The van der Waals surface area contributed by atoms with Crippen molar-refractivity contribution in [1.29, 1.82) is 0 Å². The fourth-order valence-corrected chi connectivity index (χ4v) is 4.70. The Labute approximate surface area is 192 Å². The topological polar surface area (TPSA) is 35.5 Å². The summed E-state index contributed by atoms with van der Waals surface area (Å²) in [7, 11) is 3.29. The first-order valence-corrected chi connectivity index (χ1v) is 10.7. The number of fused-ring (bicyclic) bond motifs is 2. The van der Waals surface area contributed by atoms with Gasteiger partial charge in [-0.25, -0.2) is 0 Å². The Kier molecular flexibility index (Phi) is 5.08. The molecule has 156 valence electrons. The molecule has 1 aliphatic rings. The SMILES string of the molecule is COc1ccc(-c2cccc3c2C(=S)c2c(cccc2-c2ccc(OC)cc2)C3=O)cc1. The lowest BCUT2D eigenvalue weighted by Crippen LogP contribution is -2.22. The summed E-state index contributed by atoms with van der Waals surface area (Å²) in [5.74, 6) is 1.56. The molecular weight excluding hydrogens is 416 g/mol. The first kappa shape index (κ1) is 20.2. The summed E-state index contributed by atoms with van der Waals surface area (Å²) < 4.78 is 10.6. The largest absolute Gasteiger partial charge is 0.497 e. The fourth-order valence-electron chi connectivity index (χ4n) is 4.26. The molecule has 0 saturated heterocycles. The van der Waals surface area contributed by atoms with E-state index in [1.54, 1.807) is 14.2 Å². The average molecular weight is 437 g/mol. The minimum atomic E-state index is -0.00526. The van der Waals surface area contributed by atoms with Crippen molar-refractivity contribution in [3.8, 4) is 33.8 Å². The van der Waals surface area contributed by atoms with Crippen LogP contribution in [0.25, 0.3) is 22.3 Å². The van der Waals surface area contributed by atoms with Gasteiger partial charge in [-0.1, -0.05) is 72.9 Å². The van der Waals surface area contributed by atoms with Crippen LogP contribution in [0.1, 0.15) is 27.0 Å². The molecule has 0 aromatic heterocycles. The van der Waals surface area contributed by atoms with Crippen LogP contribution in [0.3, 0.4) is 0 Å². The first-order chi connectivity index (χ1) is 15.6. The monoisotopic (exact) mass is 436 g/mol. The molecule has 5 rings (SSSR count). The summed E-state index contributed by atoms with van der Waals surface area (Å²) in [6.07, 6.45) is 0. The van der Waals surface area contributed by atoms with Gasteiger partial charge in [0.05, 0.1) is 19.1 Å². The Morgan fingerprint density at radius 1 is 0.562 bits per heavy atom. The molecule has 4 aromatic rings. The Balaban J connectivity index is 1.70. The molecule has 0 unspecified atom stereocenters. The van der Waals surface area contributed by atoms with Gasteiger partial charge in [0.25, 0.3) is 0 Å². The second-order valence-corrected chi connectivity index (χ2v) is 7.98. The highest BCUT2D eigenvalue weighted by atomic mass is 32.1. The third kappa shape index (κ3) is 3.20. The molecule has 4 aromatic carbocycles. The average Bonchev–Trinajstić information content (AvgIpc) is 2.86. The van der Waals surface area contributed by atoms with Gasteiger partial charge in [-0.15, -0.1) is 0 Å². The summed E-state index contributed by atoms with van der Waals surface area (Å²) in [6.45, 7) is 0. The smallest absolute Gasteiger partial charge is 0.194 e. The number of carbonyl (C=O) groups is 1. The zero-order valence-corrected chi connectivity index (χ0v) is 18.5. The number of thiocarbonyl (C=S) groups is 1. The summed E-state index contributed by atoms with van der Waals surface area (Å²) in [6, 6.07) is 27.2. The Morgan fingerprint density at radius 2 is 0.938 bits per heavy atom. The van der Waals surface area contributed by atoms with E-state index in [-0.39, 0.29) is 5.78 Å². The van der Waals surface area contributed by atoms with E-state index in [2.05, 4.69) is 0 Å². The number of methoxy groups -OCH3 is 2. The molecule has 0 fully saturated rings. The van der Waals surface area contributed by atoms with Crippen LogP contribution in [0.5, 0.6) is 11.5 Å². The molecule has 0 spiro atoms. The van der Waals surface area contributed by atoms with Gasteiger partial charge in [0.15, 0.2) is 5.78 Å². The summed E-state index contributed by atoms with van der Waals surface area (Å²) in [5.41, 5.74) is 6.77. The predicted molar refractivity (Wildman–Crippen MR) is 131 cm³/mol. The van der Waals surface area contributed by atoms with E-state index in [0.717, 1.165) is 44.9 Å². The maximum atomic E-state index is 13.5. The molecule has 1 aliphatic carbocycles. The van der Waals surface area contributed by atoms with Crippen molar-refractivity contribution in [2.24, 2.45) is 0 Å². The summed E-state index contributed by atoms with van der Waals surface area (Å²) >= 11 is 6.04. The third-order valence-electron chi connectivity index (χ3n) is 5.87. The van der Waals surface area contributed by atoms with Gasteiger partial charge in [-0.05, 0) is 46.5 Å². The van der Waals surface area contributed by atoms with E-state index < -0.39 is 0 Å². The van der Waals surface area contributed by atoms with Crippen molar-refractivity contribution in [2.45, 2.75) is 0 Å². The van der Waals surface area contributed by atoms with Crippen molar-refractivity contribution >= 4 is 22.9 Å². The van der Waals surface area contributed by atoms with E-state index in [4.69, 9.17) is 21.7 Å². The molecule has 3 nitrogen and oxygen atoms in total. The van der Waals surface area contributed by atoms with Crippen LogP contribution < -0.4 is 9.47 Å². The first-order valence-electron chi connectivity index (χ1n) is 10.3. The number of carbonyl (C=O) groups excluding carboxylic acids is 1. The lowest BCUT2D eigenvalue weighted by Gasteiger charge is -2.25. The maximum absolute atomic E-state index is 13.5. The highest BCUT2D eigenvalue weighted by Crippen LogP contribution is 2.39. The van der Waals surface area contributed by atoms with Crippen molar-refractivity contribution in [3.05, 3.63) is 107 Å². The minimum absolute atomic E-state index is 0.00526. The molecule has 0 aliphatic heterocycles. The molecule has 0 heterocycles. The number of ketones is 1. The zero-order valence-electron chi connectivity index (χ0n) is 17.7. The fraction of sp³-hybridized carbons (Fsp3) is 0.0714. The molecule has 32 heavy (non-hydrogen) atoms. The second kappa shape index (κ2) is 8.06. The molecule has 0 saturated carbocycles. The lowest BCUT2D eigenvalue weighted by molar-refractivity contribution is 0.103. The van der Waals surface area contributed by atoms with Crippen LogP contribution in [0, 0.1) is 0 Å². The molecule has 0 atom stereocenters. The number of ether oxygens (including phenoxy) is 2. The van der Waals surface area contributed by atoms with E-state index in [1.807, 2.05) is 84.9 Å². The maximum Gasteiger partial charge on any atom is 0.194 e. The van der Waals surface area contributed by atoms with Gasteiger partial charge < -0.3 is 9.47 Å². The van der Waals surface area contributed by atoms with Gasteiger partial charge >= 0.3 is 0 Å². The molecule has 4 heteroatoms. The molecule has 0 bridgehead atoms. The van der Waals surface area contributed by atoms with E-state index >= 15 is 0 Å². The van der Waals surface area contributed by atoms with Crippen LogP contribution >= 0.6 is 12.2 Å². The summed E-state index contributed by atoms with van der Waals surface area (Å²) in [4.78, 5) is 14.2. The van der Waals surface area contributed by atoms with Crippen molar-refractivity contribution in [3.63, 3.8) is 0 Å². The second-order valence-electron chi connectivity index (χ2n) is 7.57. The Bertz CT molecular complexity index is 1250. The summed E-state index contributed by atoms with van der Waals surface area (Å²) in [5, 5.41) is 0. The van der Waals surface area contributed by atoms with Crippen LogP contribution in [-0.2, 0) is 0 Å². The van der Waals surface area contributed by atoms with Gasteiger partial charge in [-0.2, -0.15) is 0 Å². The highest BCUT2D eigenvalue weighted by molar-refractivity contribution is 7.81. The third-order valence-corrected chi connectivity index (χ3v) is 6.28. The quantitative estimate of drug-likeness (QED) is 0.308. The van der Waals surface area contributed by atoms with Crippen LogP contribution in [0.15, 0.2) is 84.9 Å². The zero-order chi connectivity index (χ0) is 22.2. The van der Waals surface area contributed by atoms with Gasteiger partial charge in [-0.3, -0.25) is 4.79 Å². The van der Waals surface area contributed by atoms with Gasteiger partial charge in [0, 0.05) is 22.3 Å². The predicted octanol–water partition coefficient (Wildman–Crippen LogP) is 6.35. The van der Waals surface area contributed by atoms with E-state index in [1.165, 1.54) is 0 Å². The van der Waals surface area contributed by atoms with E-state index in [0.29, 0.717) is 16.0 Å². The van der Waals surface area contributed by atoms with E-state index in [9.17, 15) is 4.79 Å². The molecular formula is C28H20O3S. The normalized spacial score (nSPS) is 12.2. The number of hydrogen-bond donors (Lipinski definition) is 0. The molecule has 0 N–H and O–H groups in total. The minimum Gasteiger partial charge on any atom is -0.497 e. The van der Waals surface area contributed by atoms with Crippen LogP contribution in [0.4, 0.5) is 0 Å². The molecule has 0 amide bonds. The van der Waals surface area contributed by atoms with Gasteiger partial charge in [0.2, 0.25) is 0 Å². The number of rotatable bonds is 4. The van der Waals surface area contributed by atoms with Crippen LogP contribution in [0.2, 0.25) is 0 Å². The van der Waals surface area contributed by atoms with Crippen LogP contribution in [-0.4, -0.2) is 24.9 Å². The van der Waals surface area contributed by atoms with Crippen molar-refractivity contribution < 1.29 is 14.3 Å². The van der Waals surface area contributed by atoms with Crippen molar-refractivity contribution in [2.75, 3.05) is 14.2 Å². The lowest BCUT2D eigenvalue weighted by atomic mass is 9.78. The Morgan fingerprint density at radius 3 is 1.31 bits per heavy atom. The highest BCUT2D eigenvalue weighted by Gasteiger charge is 2.31. The number of benzene rings is 4. The van der Waals surface area contributed by atoms with Crippen molar-refractivity contribution in [1.82, 2.24) is 0 Å². The molecule has 0 radical (unpaired) electrons. The number of hydrogen-bond acceptors (Lipinski definition) is 4. The standard InChI is InChI=1S/C28H20O3S/c1-30-19-13-9-17(10-14-19)21-5-3-7-23-25(21)28(32)26-22(6-4-8-24(26)27(23)29)18-11-15-20(31-2)16-12-18/h3-16H,1-2H3. The van der Waals surface area contributed by atoms with Gasteiger partial charge in [0.1, 0.15) is 11.5 Å². The Hall–Kier alpha value is -3.76.